The van der Waals surface area contributed by atoms with Gasteiger partial charge in [-0.2, -0.15) is 0 Å². The molecule has 148 valence electrons. The second-order valence-corrected chi connectivity index (χ2v) is 7.77. The Balaban J connectivity index is 1.48. The van der Waals surface area contributed by atoms with Gasteiger partial charge in [0.2, 0.25) is 0 Å². The molecule has 8 heteroatoms. The number of rotatable bonds is 4. The van der Waals surface area contributed by atoms with Crippen LogP contribution < -0.4 is 16.2 Å². The van der Waals surface area contributed by atoms with Crippen LogP contribution in [0, 0.1) is 5.82 Å². The first kappa shape index (κ1) is 20.0. The van der Waals surface area contributed by atoms with Crippen LogP contribution in [0.1, 0.15) is 56.2 Å². The van der Waals surface area contributed by atoms with Crippen molar-refractivity contribution in [1.82, 2.24) is 16.2 Å². The van der Waals surface area contributed by atoms with E-state index in [0.29, 0.717) is 4.88 Å². The van der Waals surface area contributed by atoms with Gasteiger partial charge in [0.25, 0.3) is 17.7 Å². The highest BCUT2D eigenvalue weighted by atomic mass is 32.1. The van der Waals surface area contributed by atoms with Crippen molar-refractivity contribution in [2.45, 2.75) is 38.5 Å². The fourth-order valence-electron chi connectivity index (χ4n) is 3.09. The van der Waals surface area contributed by atoms with Crippen molar-refractivity contribution in [3.63, 3.8) is 0 Å². The average Bonchev–Trinajstić information content (AvgIpc) is 3.06. The Morgan fingerprint density at radius 3 is 2.50 bits per heavy atom. The molecule has 1 aromatic heterocycles. The van der Waals surface area contributed by atoms with Crippen molar-refractivity contribution in [3.8, 4) is 0 Å². The number of halogens is 1. The van der Waals surface area contributed by atoms with E-state index < -0.39 is 17.6 Å². The minimum Gasteiger partial charge on any atom is -0.343 e. The third kappa shape index (κ3) is 5.16. The zero-order valence-corrected chi connectivity index (χ0v) is 16.2. The van der Waals surface area contributed by atoms with Crippen LogP contribution in [0.3, 0.4) is 0 Å². The number of thiophene rings is 1. The maximum atomic E-state index is 13.5. The summed E-state index contributed by atoms with van der Waals surface area (Å²) in [7, 11) is 0. The Morgan fingerprint density at radius 1 is 0.964 bits per heavy atom. The number of aryl methyl sites for hydroxylation is 2. The van der Waals surface area contributed by atoms with E-state index in [0.717, 1.165) is 25.7 Å². The topological polar surface area (TPSA) is 87.3 Å². The zero-order valence-electron chi connectivity index (χ0n) is 15.3. The lowest BCUT2D eigenvalue weighted by molar-refractivity contribution is -0.120. The molecule has 6 nitrogen and oxygen atoms in total. The summed E-state index contributed by atoms with van der Waals surface area (Å²) in [6.45, 7) is -0.381. The van der Waals surface area contributed by atoms with Gasteiger partial charge in [-0.15, -0.1) is 11.3 Å². The summed E-state index contributed by atoms with van der Waals surface area (Å²) >= 11 is 1.46. The first-order valence-electron chi connectivity index (χ1n) is 9.28. The molecule has 0 bridgehead atoms. The van der Waals surface area contributed by atoms with E-state index in [1.807, 2.05) is 6.07 Å². The third-order valence-corrected chi connectivity index (χ3v) is 5.80. The summed E-state index contributed by atoms with van der Waals surface area (Å²) in [6.07, 6.45) is 6.66. The van der Waals surface area contributed by atoms with Crippen molar-refractivity contribution in [3.05, 3.63) is 57.0 Å². The molecule has 1 aliphatic carbocycles. The maximum Gasteiger partial charge on any atom is 0.279 e. The van der Waals surface area contributed by atoms with Crippen LogP contribution in [0.2, 0.25) is 0 Å². The predicted octanol–water partition coefficient (Wildman–Crippen LogP) is 2.74. The largest absolute Gasteiger partial charge is 0.343 e. The molecule has 3 amide bonds. The molecule has 3 N–H and O–H groups in total. The number of benzene rings is 1. The van der Waals surface area contributed by atoms with Gasteiger partial charge in [-0.3, -0.25) is 25.2 Å². The fraction of sp³-hybridized carbons (Fsp3) is 0.350. The molecule has 0 aliphatic heterocycles. The quantitative estimate of drug-likeness (QED) is 0.686. The second-order valence-electron chi connectivity index (χ2n) is 6.64. The van der Waals surface area contributed by atoms with Crippen LogP contribution in [0.25, 0.3) is 0 Å². The van der Waals surface area contributed by atoms with Crippen molar-refractivity contribution in [2.75, 3.05) is 6.54 Å². The van der Waals surface area contributed by atoms with Gasteiger partial charge < -0.3 is 5.32 Å². The van der Waals surface area contributed by atoms with E-state index in [2.05, 4.69) is 16.2 Å². The van der Waals surface area contributed by atoms with Crippen LogP contribution >= 0.6 is 11.3 Å². The summed E-state index contributed by atoms with van der Waals surface area (Å²) in [6, 6.07) is 7.39. The number of carbonyl (C=O) groups excluding carboxylic acids is 3. The summed E-state index contributed by atoms with van der Waals surface area (Å²) in [5, 5.41) is 2.32. The summed E-state index contributed by atoms with van der Waals surface area (Å²) in [5.41, 5.74) is 5.71. The lowest BCUT2D eigenvalue weighted by Crippen LogP contribution is -2.46. The number of hydrogen-bond donors (Lipinski definition) is 3. The van der Waals surface area contributed by atoms with Gasteiger partial charge >= 0.3 is 0 Å². The molecule has 3 rings (SSSR count). The molecule has 0 radical (unpaired) electrons. The van der Waals surface area contributed by atoms with E-state index in [9.17, 15) is 18.8 Å². The van der Waals surface area contributed by atoms with Gasteiger partial charge in [-0.05, 0) is 49.4 Å². The lowest BCUT2D eigenvalue weighted by atomic mass is 10.00. The summed E-state index contributed by atoms with van der Waals surface area (Å²) in [5.74, 6) is -2.35. The average molecular weight is 403 g/mol. The Morgan fingerprint density at radius 2 is 1.71 bits per heavy atom. The van der Waals surface area contributed by atoms with E-state index in [-0.39, 0.29) is 18.0 Å². The lowest BCUT2D eigenvalue weighted by Gasteiger charge is -2.08. The number of hydrogen-bond acceptors (Lipinski definition) is 4. The molecule has 0 saturated heterocycles. The van der Waals surface area contributed by atoms with Gasteiger partial charge in [0, 0.05) is 4.88 Å². The van der Waals surface area contributed by atoms with E-state index >= 15 is 0 Å². The van der Waals surface area contributed by atoms with E-state index in [1.165, 1.54) is 58.9 Å². The fourth-order valence-corrected chi connectivity index (χ4v) is 4.24. The first-order valence-corrected chi connectivity index (χ1v) is 10.1. The highest BCUT2D eigenvalue weighted by Gasteiger charge is 2.17. The standard InChI is InChI=1S/C20H22FN3O3S/c21-15-9-6-5-8-14(15)19(26)22-12-18(25)23-24-20(27)17-11-13-7-3-1-2-4-10-16(13)28-17/h5-6,8-9,11H,1-4,7,10,12H2,(H,22,26)(H,23,25)(H,24,27). The molecular weight excluding hydrogens is 381 g/mol. The molecule has 1 aliphatic rings. The molecular formula is C20H22FN3O3S. The Hall–Kier alpha value is -2.74. The number of amides is 3. The molecule has 1 aromatic carbocycles. The second kappa shape index (κ2) is 9.45. The Bertz CT molecular complexity index is 856. The van der Waals surface area contributed by atoms with Crippen LogP contribution in [-0.2, 0) is 17.6 Å². The predicted molar refractivity (Wildman–Crippen MR) is 105 cm³/mol. The first-order chi connectivity index (χ1) is 13.5. The SMILES string of the molecule is O=C(CNC(=O)c1ccccc1F)NNC(=O)c1cc2c(s1)CCCCCC2. The molecule has 2 aromatic rings. The minimum atomic E-state index is -0.697. The number of nitrogens with one attached hydrogen (secondary N) is 3. The maximum absolute atomic E-state index is 13.5. The molecule has 28 heavy (non-hydrogen) atoms. The van der Waals surface area contributed by atoms with Gasteiger partial charge in [0.15, 0.2) is 0 Å². The van der Waals surface area contributed by atoms with Crippen LogP contribution in [-0.4, -0.2) is 24.3 Å². The number of carbonyl (C=O) groups is 3. The molecule has 0 saturated carbocycles. The van der Waals surface area contributed by atoms with Gasteiger partial charge in [-0.25, -0.2) is 4.39 Å². The summed E-state index contributed by atoms with van der Waals surface area (Å²) in [4.78, 5) is 37.8. The summed E-state index contributed by atoms with van der Waals surface area (Å²) < 4.78 is 13.5. The van der Waals surface area contributed by atoms with Crippen molar-refractivity contribution >= 4 is 29.1 Å². The van der Waals surface area contributed by atoms with E-state index in [4.69, 9.17) is 0 Å². The number of hydrazine groups is 1. The van der Waals surface area contributed by atoms with Crippen LogP contribution in [0.5, 0.6) is 0 Å². The van der Waals surface area contributed by atoms with Gasteiger partial charge in [0.1, 0.15) is 5.82 Å². The molecule has 1 heterocycles. The molecule has 0 spiro atoms. The van der Waals surface area contributed by atoms with Gasteiger partial charge in [-0.1, -0.05) is 25.0 Å². The molecule has 0 fully saturated rings. The van der Waals surface area contributed by atoms with Gasteiger partial charge in [0.05, 0.1) is 17.0 Å². The zero-order chi connectivity index (χ0) is 19.9. The molecule has 0 atom stereocenters. The van der Waals surface area contributed by atoms with Crippen molar-refractivity contribution in [1.29, 1.82) is 0 Å². The van der Waals surface area contributed by atoms with Crippen molar-refractivity contribution < 1.29 is 18.8 Å². The normalized spacial score (nSPS) is 13.6. The minimum absolute atomic E-state index is 0.143. The Labute approximate surface area is 166 Å². The smallest absolute Gasteiger partial charge is 0.279 e. The van der Waals surface area contributed by atoms with Crippen LogP contribution in [0.4, 0.5) is 4.39 Å². The monoisotopic (exact) mass is 403 g/mol. The van der Waals surface area contributed by atoms with E-state index in [1.54, 1.807) is 0 Å². The number of fused-ring (bicyclic) bond motifs is 1. The highest BCUT2D eigenvalue weighted by molar-refractivity contribution is 7.14. The third-order valence-electron chi connectivity index (χ3n) is 4.56. The molecule has 0 unspecified atom stereocenters. The highest BCUT2D eigenvalue weighted by Crippen LogP contribution is 2.28. The Kier molecular flexibility index (Phi) is 6.76. The van der Waals surface area contributed by atoms with Crippen LogP contribution in [0.15, 0.2) is 30.3 Å². The van der Waals surface area contributed by atoms with Crippen molar-refractivity contribution in [2.24, 2.45) is 0 Å².